The Morgan fingerprint density at radius 1 is 0.923 bits per heavy atom. The van der Waals surface area contributed by atoms with Gasteiger partial charge < -0.3 is 9.64 Å². The van der Waals surface area contributed by atoms with Gasteiger partial charge in [0.05, 0.1) is 12.0 Å². The van der Waals surface area contributed by atoms with Crippen molar-refractivity contribution in [3.8, 4) is 5.75 Å². The van der Waals surface area contributed by atoms with Gasteiger partial charge in [0.15, 0.2) is 0 Å². The van der Waals surface area contributed by atoms with Crippen LogP contribution in [0.4, 0.5) is 5.69 Å². The molecule has 5 nitrogen and oxygen atoms in total. The molecule has 1 heterocycles. The standard InChI is InChI=1S/C20H26N2O3S/c1-15-6-5-7-19(17(15)3)21-10-12-22(13-11-21)26(23,24)18-8-9-20(25-4)16(2)14-18/h5-9,14H,10-13H2,1-4H3. The number of anilines is 1. The number of sulfonamides is 1. The minimum absolute atomic E-state index is 0.330. The van der Waals surface area contributed by atoms with E-state index in [9.17, 15) is 8.42 Å². The first-order valence-corrected chi connectivity index (χ1v) is 10.2. The monoisotopic (exact) mass is 374 g/mol. The molecule has 0 aromatic heterocycles. The number of hydrogen-bond donors (Lipinski definition) is 0. The van der Waals surface area contributed by atoms with Crippen molar-refractivity contribution in [2.45, 2.75) is 25.7 Å². The molecule has 1 aliphatic heterocycles. The molecule has 1 fully saturated rings. The van der Waals surface area contributed by atoms with Gasteiger partial charge in [-0.15, -0.1) is 0 Å². The van der Waals surface area contributed by atoms with Gasteiger partial charge in [-0.05, 0) is 61.7 Å². The summed E-state index contributed by atoms with van der Waals surface area (Å²) in [7, 11) is -1.90. The van der Waals surface area contributed by atoms with Gasteiger partial charge in [0, 0.05) is 31.9 Å². The molecule has 1 saturated heterocycles. The van der Waals surface area contributed by atoms with Crippen molar-refractivity contribution in [2.24, 2.45) is 0 Å². The van der Waals surface area contributed by atoms with E-state index < -0.39 is 10.0 Å². The largest absolute Gasteiger partial charge is 0.496 e. The minimum atomic E-state index is -3.48. The van der Waals surface area contributed by atoms with E-state index in [0.29, 0.717) is 36.8 Å². The Hall–Kier alpha value is -2.05. The molecule has 3 rings (SSSR count). The van der Waals surface area contributed by atoms with E-state index in [1.165, 1.54) is 16.8 Å². The van der Waals surface area contributed by atoms with Crippen molar-refractivity contribution in [3.05, 3.63) is 53.1 Å². The zero-order chi connectivity index (χ0) is 18.9. The van der Waals surface area contributed by atoms with Crippen molar-refractivity contribution < 1.29 is 13.2 Å². The second kappa shape index (κ2) is 7.29. The van der Waals surface area contributed by atoms with Crippen molar-refractivity contribution in [2.75, 3.05) is 38.2 Å². The second-order valence-electron chi connectivity index (χ2n) is 6.74. The molecule has 140 valence electrons. The first kappa shape index (κ1) is 18.7. The second-order valence-corrected chi connectivity index (χ2v) is 8.68. The smallest absolute Gasteiger partial charge is 0.243 e. The fourth-order valence-electron chi connectivity index (χ4n) is 3.41. The third-order valence-electron chi connectivity index (χ3n) is 5.16. The molecular weight excluding hydrogens is 348 g/mol. The summed E-state index contributed by atoms with van der Waals surface area (Å²) >= 11 is 0. The summed E-state index contributed by atoms with van der Waals surface area (Å²) in [6.07, 6.45) is 0. The number of aryl methyl sites for hydroxylation is 2. The van der Waals surface area contributed by atoms with E-state index in [1.807, 2.05) is 6.92 Å². The van der Waals surface area contributed by atoms with E-state index in [4.69, 9.17) is 4.74 Å². The van der Waals surface area contributed by atoms with Gasteiger partial charge in [-0.3, -0.25) is 0 Å². The van der Waals surface area contributed by atoms with E-state index in [1.54, 1.807) is 29.6 Å². The van der Waals surface area contributed by atoms with Crippen LogP contribution in [0.25, 0.3) is 0 Å². The fourth-order valence-corrected chi connectivity index (χ4v) is 4.92. The highest BCUT2D eigenvalue weighted by atomic mass is 32.2. The van der Waals surface area contributed by atoms with Crippen molar-refractivity contribution in [1.29, 1.82) is 0 Å². The molecule has 0 amide bonds. The van der Waals surface area contributed by atoms with Crippen LogP contribution in [-0.4, -0.2) is 46.0 Å². The Bertz CT molecular complexity index is 901. The third-order valence-corrected chi connectivity index (χ3v) is 7.05. The van der Waals surface area contributed by atoms with E-state index in [2.05, 4.69) is 36.9 Å². The molecule has 0 unspecified atom stereocenters. The molecule has 0 aliphatic carbocycles. The van der Waals surface area contributed by atoms with Crippen LogP contribution in [-0.2, 0) is 10.0 Å². The van der Waals surface area contributed by atoms with Crippen LogP contribution in [0.5, 0.6) is 5.75 Å². The highest BCUT2D eigenvalue weighted by Gasteiger charge is 2.29. The van der Waals surface area contributed by atoms with E-state index in [-0.39, 0.29) is 0 Å². The Balaban J connectivity index is 1.76. The predicted octanol–water partition coefficient (Wildman–Crippen LogP) is 3.13. The van der Waals surface area contributed by atoms with E-state index >= 15 is 0 Å². The molecule has 0 N–H and O–H groups in total. The number of rotatable bonds is 4. The van der Waals surface area contributed by atoms with Gasteiger partial charge in [0.1, 0.15) is 5.75 Å². The fraction of sp³-hybridized carbons (Fsp3) is 0.400. The molecule has 26 heavy (non-hydrogen) atoms. The third kappa shape index (κ3) is 3.44. The molecule has 0 bridgehead atoms. The lowest BCUT2D eigenvalue weighted by molar-refractivity contribution is 0.384. The van der Waals surface area contributed by atoms with Crippen molar-refractivity contribution in [1.82, 2.24) is 4.31 Å². The summed E-state index contributed by atoms with van der Waals surface area (Å²) < 4.78 is 32.7. The van der Waals surface area contributed by atoms with Gasteiger partial charge in [0.2, 0.25) is 10.0 Å². The lowest BCUT2D eigenvalue weighted by Gasteiger charge is -2.36. The number of ether oxygens (including phenoxy) is 1. The van der Waals surface area contributed by atoms with Gasteiger partial charge in [-0.25, -0.2) is 8.42 Å². The number of methoxy groups -OCH3 is 1. The summed E-state index contributed by atoms with van der Waals surface area (Å²) in [4.78, 5) is 2.60. The van der Waals surface area contributed by atoms with Gasteiger partial charge in [0.25, 0.3) is 0 Å². The zero-order valence-corrected chi connectivity index (χ0v) is 16.6. The highest BCUT2D eigenvalue weighted by molar-refractivity contribution is 7.89. The Morgan fingerprint density at radius 2 is 1.62 bits per heavy atom. The quantitative estimate of drug-likeness (QED) is 0.825. The molecule has 0 radical (unpaired) electrons. The molecular formula is C20H26N2O3S. The average molecular weight is 375 g/mol. The highest BCUT2D eigenvalue weighted by Crippen LogP contribution is 2.27. The molecule has 2 aromatic carbocycles. The van der Waals surface area contributed by atoms with Crippen molar-refractivity contribution >= 4 is 15.7 Å². The molecule has 0 atom stereocenters. The average Bonchev–Trinajstić information content (AvgIpc) is 2.64. The number of hydrogen-bond acceptors (Lipinski definition) is 4. The lowest BCUT2D eigenvalue weighted by atomic mass is 10.1. The van der Waals surface area contributed by atoms with Crippen molar-refractivity contribution in [3.63, 3.8) is 0 Å². The molecule has 6 heteroatoms. The molecule has 0 spiro atoms. The molecule has 1 aliphatic rings. The SMILES string of the molecule is COc1ccc(S(=O)(=O)N2CCN(c3cccc(C)c3C)CC2)cc1C. The summed E-state index contributed by atoms with van der Waals surface area (Å²) in [5.41, 5.74) is 4.53. The predicted molar refractivity (Wildman–Crippen MR) is 105 cm³/mol. The summed E-state index contributed by atoms with van der Waals surface area (Å²) in [5, 5.41) is 0. The van der Waals surface area contributed by atoms with E-state index in [0.717, 1.165) is 5.56 Å². The number of nitrogens with zero attached hydrogens (tertiary/aromatic N) is 2. The van der Waals surface area contributed by atoms with Crippen LogP contribution < -0.4 is 9.64 Å². The minimum Gasteiger partial charge on any atom is -0.496 e. The van der Waals surface area contributed by atoms with Gasteiger partial charge in [-0.2, -0.15) is 4.31 Å². The van der Waals surface area contributed by atoms with Crippen LogP contribution in [0, 0.1) is 20.8 Å². The first-order valence-electron chi connectivity index (χ1n) is 8.80. The Morgan fingerprint density at radius 3 is 2.23 bits per heavy atom. The summed E-state index contributed by atoms with van der Waals surface area (Å²) in [6.45, 7) is 8.44. The molecule has 2 aromatic rings. The van der Waals surface area contributed by atoms with Crippen LogP contribution in [0.1, 0.15) is 16.7 Å². The van der Waals surface area contributed by atoms with Crippen LogP contribution in [0.3, 0.4) is 0 Å². The Labute approximate surface area is 156 Å². The maximum absolute atomic E-state index is 13.0. The molecule has 0 saturated carbocycles. The number of piperazine rings is 1. The maximum atomic E-state index is 13.0. The first-order chi connectivity index (χ1) is 12.3. The normalized spacial score (nSPS) is 15.9. The topological polar surface area (TPSA) is 49.9 Å². The van der Waals surface area contributed by atoms with Crippen LogP contribution in [0.2, 0.25) is 0 Å². The van der Waals surface area contributed by atoms with Gasteiger partial charge in [-0.1, -0.05) is 12.1 Å². The van der Waals surface area contributed by atoms with Crippen LogP contribution >= 0.6 is 0 Å². The lowest BCUT2D eigenvalue weighted by Crippen LogP contribution is -2.48. The zero-order valence-electron chi connectivity index (χ0n) is 15.8. The Kier molecular flexibility index (Phi) is 5.25. The summed E-state index contributed by atoms with van der Waals surface area (Å²) in [5.74, 6) is 0.698. The van der Waals surface area contributed by atoms with Crippen LogP contribution in [0.15, 0.2) is 41.3 Å². The summed E-state index contributed by atoms with van der Waals surface area (Å²) in [6, 6.07) is 11.3. The van der Waals surface area contributed by atoms with Gasteiger partial charge >= 0.3 is 0 Å². The maximum Gasteiger partial charge on any atom is 0.243 e. The number of benzene rings is 2.